The average molecular weight is 515 g/mol. The Morgan fingerprint density at radius 1 is 0.947 bits per heavy atom. The number of ketones is 1. The summed E-state index contributed by atoms with van der Waals surface area (Å²) in [6, 6.07) is 7.36. The van der Waals surface area contributed by atoms with Gasteiger partial charge in [0.2, 0.25) is 11.8 Å². The quantitative estimate of drug-likeness (QED) is 0.251. The van der Waals surface area contributed by atoms with Gasteiger partial charge in [0.15, 0.2) is 11.5 Å². The molecule has 1 aromatic rings. The highest BCUT2D eigenvalue weighted by atomic mass is 16.3. The molecule has 38 heavy (non-hydrogen) atoms. The van der Waals surface area contributed by atoms with Crippen LogP contribution < -0.4 is 20.6 Å². The molecular formula is C30H34N4O4. The minimum absolute atomic E-state index is 0.189. The molecule has 1 aromatic carbocycles. The number of allylic oxidation sites excluding steroid dienone is 7. The fraction of sp³-hybridized carbons (Fsp3) is 0.267. The monoisotopic (exact) mass is 514 g/mol. The standard InChI is InChI=1S/C30H34N4O4/c1-5-25(35)31-17-7-19-33(3)23-13-9-21(10-14-23)27-29(37)28(30(27)38)22-11-15-24(16-12-22)34(4)20-8-18-32-26(36)6-2/h5-6,9-16H,1-2,7-8,17-20H2,3-4H3,(H2-,31,32,35,36,37,38). The maximum Gasteiger partial charge on any atom is 0.243 e. The molecular weight excluding hydrogens is 480 g/mol. The Labute approximate surface area is 223 Å². The summed E-state index contributed by atoms with van der Waals surface area (Å²) in [5.41, 5.74) is 3.55. The Morgan fingerprint density at radius 2 is 1.53 bits per heavy atom. The van der Waals surface area contributed by atoms with Gasteiger partial charge in [0.05, 0.1) is 0 Å². The minimum atomic E-state index is -0.242. The van der Waals surface area contributed by atoms with Crippen LogP contribution in [0.5, 0.6) is 0 Å². The molecule has 0 atom stereocenters. The lowest BCUT2D eigenvalue weighted by molar-refractivity contribution is -0.495. The lowest BCUT2D eigenvalue weighted by Crippen LogP contribution is -2.30. The molecule has 0 spiro atoms. The lowest BCUT2D eigenvalue weighted by Gasteiger charge is -2.32. The van der Waals surface area contributed by atoms with Gasteiger partial charge in [0.1, 0.15) is 13.6 Å². The maximum atomic E-state index is 12.9. The maximum absolute atomic E-state index is 12.9. The SMILES string of the molecule is C=CC(=O)NCCCN(C)c1ccc(C2=C([O-])C(=C3C=CC(=[N+](C)CCCNC(=O)C=C)C=C3)C2=O)cc1. The van der Waals surface area contributed by atoms with E-state index in [1.165, 1.54) is 12.2 Å². The second kappa shape index (κ2) is 13.2. The van der Waals surface area contributed by atoms with Crippen LogP contribution in [0.3, 0.4) is 0 Å². The lowest BCUT2D eigenvalue weighted by atomic mass is 9.80. The summed E-state index contributed by atoms with van der Waals surface area (Å²) in [6.07, 6.45) is 11.4. The van der Waals surface area contributed by atoms with Crippen LogP contribution in [0.4, 0.5) is 5.69 Å². The van der Waals surface area contributed by atoms with Crippen LogP contribution in [0.25, 0.3) is 5.57 Å². The largest absolute Gasteiger partial charge is 0.871 e. The van der Waals surface area contributed by atoms with E-state index in [1.54, 1.807) is 24.3 Å². The Hall–Kier alpha value is -4.46. The van der Waals surface area contributed by atoms with Gasteiger partial charge in [-0.15, -0.1) is 0 Å². The smallest absolute Gasteiger partial charge is 0.243 e. The number of benzene rings is 1. The van der Waals surface area contributed by atoms with Crippen LogP contribution in [0.2, 0.25) is 0 Å². The van der Waals surface area contributed by atoms with Crippen LogP contribution in [0.1, 0.15) is 18.4 Å². The molecule has 0 bridgehead atoms. The van der Waals surface area contributed by atoms with Crippen molar-refractivity contribution in [2.24, 2.45) is 0 Å². The molecule has 2 aliphatic carbocycles. The fourth-order valence-electron chi connectivity index (χ4n) is 4.14. The van der Waals surface area contributed by atoms with Gasteiger partial charge in [-0.3, -0.25) is 14.4 Å². The highest BCUT2D eigenvalue weighted by Gasteiger charge is 2.30. The number of amides is 2. The van der Waals surface area contributed by atoms with Gasteiger partial charge in [0.25, 0.3) is 0 Å². The van der Waals surface area contributed by atoms with Crippen molar-refractivity contribution in [3.63, 3.8) is 0 Å². The van der Waals surface area contributed by atoms with Crippen LogP contribution >= 0.6 is 0 Å². The summed E-state index contributed by atoms with van der Waals surface area (Å²) >= 11 is 0. The second-order valence-electron chi connectivity index (χ2n) is 9.04. The molecule has 8 nitrogen and oxygen atoms in total. The number of anilines is 1. The number of hydrogen-bond donors (Lipinski definition) is 2. The minimum Gasteiger partial charge on any atom is -0.871 e. The van der Waals surface area contributed by atoms with Crippen LogP contribution in [-0.4, -0.2) is 68.2 Å². The summed E-state index contributed by atoms with van der Waals surface area (Å²) in [7, 11) is 3.90. The first kappa shape index (κ1) is 28.1. The van der Waals surface area contributed by atoms with Crippen LogP contribution in [0, 0.1) is 0 Å². The summed E-state index contributed by atoms with van der Waals surface area (Å²) < 4.78 is 2.05. The summed E-state index contributed by atoms with van der Waals surface area (Å²) in [4.78, 5) is 37.4. The van der Waals surface area contributed by atoms with Gasteiger partial charge < -0.3 is 20.6 Å². The van der Waals surface area contributed by atoms with Crippen molar-refractivity contribution in [1.29, 1.82) is 0 Å². The van der Waals surface area contributed by atoms with Crippen molar-refractivity contribution in [1.82, 2.24) is 10.6 Å². The van der Waals surface area contributed by atoms with Gasteiger partial charge in [0, 0.05) is 62.1 Å². The van der Waals surface area contributed by atoms with Gasteiger partial charge in [-0.05, 0) is 54.0 Å². The summed E-state index contributed by atoms with van der Waals surface area (Å²) in [6.45, 7) is 9.44. The first-order valence-corrected chi connectivity index (χ1v) is 12.5. The van der Waals surface area contributed by atoms with Gasteiger partial charge in [-0.25, -0.2) is 4.58 Å². The molecule has 198 valence electrons. The molecule has 0 aliphatic heterocycles. The van der Waals surface area contributed by atoms with E-state index in [0.29, 0.717) is 24.2 Å². The topological polar surface area (TPSA) is 105 Å². The zero-order valence-electron chi connectivity index (χ0n) is 22.0. The van der Waals surface area contributed by atoms with E-state index in [2.05, 4.69) is 23.8 Å². The zero-order chi connectivity index (χ0) is 27.7. The van der Waals surface area contributed by atoms with Crippen molar-refractivity contribution < 1.29 is 24.1 Å². The molecule has 0 unspecified atom stereocenters. The second-order valence-corrected chi connectivity index (χ2v) is 9.04. The fourth-order valence-corrected chi connectivity index (χ4v) is 4.14. The molecule has 0 radical (unpaired) electrons. The summed E-state index contributed by atoms with van der Waals surface area (Å²) in [5, 5.41) is 18.4. The Morgan fingerprint density at radius 3 is 2.08 bits per heavy atom. The van der Waals surface area contributed by atoms with Crippen molar-refractivity contribution in [2.75, 3.05) is 45.2 Å². The molecule has 0 fully saturated rings. The number of hydrogen-bond acceptors (Lipinski definition) is 5. The number of carbonyl (C=O) groups is 3. The predicted molar refractivity (Wildman–Crippen MR) is 149 cm³/mol. The van der Waals surface area contributed by atoms with Gasteiger partial charge in [-0.2, -0.15) is 0 Å². The highest BCUT2D eigenvalue weighted by Crippen LogP contribution is 2.37. The average Bonchev–Trinajstić information content (AvgIpc) is 2.93. The number of Topliss-reactive ketones (excluding diaryl/α,β-unsaturated/α-hetero) is 1. The molecule has 2 aliphatic rings. The highest BCUT2D eigenvalue weighted by molar-refractivity contribution is 6.39. The number of nitrogens with one attached hydrogen (secondary N) is 2. The number of nitrogens with zero attached hydrogens (tertiary/aromatic N) is 2. The van der Waals surface area contributed by atoms with Crippen molar-refractivity contribution >= 4 is 34.6 Å². The van der Waals surface area contributed by atoms with Crippen molar-refractivity contribution in [2.45, 2.75) is 12.8 Å². The van der Waals surface area contributed by atoms with E-state index in [9.17, 15) is 19.5 Å². The summed E-state index contributed by atoms with van der Waals surface area (Å²) in [5.74, 6) is -0.862. The first-order valence-electron chi connectivity index (χ1n) is 12.5. The predicted octanol–water partition coefficient (Wildman–Crippen LogP) is 1.67. The van der Waals surface area contributed by atoms with Crippen LogP contribution in [-0.2, 0) is 14.4 Å². The van der Waals surface area contributed by atoms with Crippen LogP contribution in [0.15, 0.2) is 90.8 Å². The number of carbonyl (C=O) groups excluding carboxylic acids is 3. The molecule has 0 saturated carbocycles. The zero-order valence-corrected chi connectivity index (χ0v) is 22.0. The Balaban J connectivity index is 1.61. The Kier molecular flexibility index (Phi) is 9.76. The normalized spacial score (nSPS) is 14.3. The van der Waals surface area contributed by atoms with Crippen molar-refractivity contribution in [3.8, 4) is 0 Å². The molecule has 3 rings (SSSR count). The molecule has 0 heterocycles. The van der Waals surface area contributed by atoms with Crippen molar-refractivity contribution in [3.05, 3.63) is 96.3 Å². The van der Waals surface area contributed by atoms with Gasteiger partial charge >= 0.3 is 0 Å². The van der Waals surface area contributed by atoms with E-state index >= 15 is 0 Å². The van der Waals surface area contributed by atoms with E-state index < -0.39 is 0 Å². The van der Waals surface area contributed by atoms with E-state index in [1.807, 2.05) is 47.9 Å². The van der Waals surface area contributed by atoms with E-state index in [0.717, 1.165) is 37.3 Å². The van der Waals surface area contributed by atoms with Gasteiger partial charge in [-0.1, -0.05) is 31.0 Å². The number of rotatable bonds is 12. The third-order valence-electron chi connectivity index (χ3n) is 6.41. The van der Waals surface area contributed by atoms with E-state index in [4.69, 9.17) is 0 Å². The third kappa shape index (κ3) is 6.85. The molecule has 0 aromatic heterocycles. The molecule has 8 heteroatoms. The molecule has 0 saturated heterocycles. The Bertz CT molecular complexity index is 1260. The van der Waals surface area contributed by atoms with E-state index in [-0.39, 0.29) is 34.5 Å². The molecule has 2 N–H and O–H groups in total. The third-order valence-corrected chi connectivity index (χ3v) is 6.41. The molecule has 2 amide bonds. The first-order chi connectivity index (χ1) is 18.3.